The van der Waals surface area contributed by atoms with Gasteiger partial charge in [0.15, 0.2) is 0 Å². The lowest BCUT2D eigenvalue weighted by Crippen LogP contribution is -2.22. The predicted octanol–water partition coefficient (Wildman–Crippen LogP) is 0.394. The Morgan fingerprint density at radius 3 is 2.59 bits per heavy atom. The monoisotopic (exact) mass is 258 g/mol. The predicted molar refractivity (Wildman–Crippen MR) is 64.6 cm³/mol. The molecule has 4 N–H and O–H groups in total. The quantitative estimate of drug-likeness (QED) is 0.708. The Kier molecular flexibility index (Phi) is 4.08. The molecule has 94 valence electrons. The molecule has 0 aromatic heterocycles. The average Bonchev–Trinajstić information content (AvgIpc) is 2.15. The summed E-state index contributed by atoms with van der Waals surface area (Å²) in [5.41, 5.74) is 1.50. The van der Waals surface area contributed by atoms with E-state index in [0.29, 0.717) is 11.3 Å². The van der Waals surface area contributed by atoms with Crippen LogP contribution in [0.4, 0.5) is 5.69 Å². The number of aromatic carboxylic acids is 1. The third-order valence-corrected chi connectivity index (χ3v) is 2.95. The van der Waals surface area contributed by atoms with E-state index in [0.717, 1.165) is 0 Å². The van der Waals surface area contributed by atoms with Gasteiger partial charge in [0.2, 0.25) is 10.0 Å². The lowest BCUT2D eigenvalue weighted by molar-refractivity contribution is 0.0696. The highest BCUT2D eigenvalue weighted by molar-refractivity contribution is 7.89. The van der Waals surface area contributed by atoms with Crippen LogP contribution in [-0.4, -0.2) is 31.8 Å². The van der Waals surface area contributed by atoms with Gasteiger partial charge in [-0.1, -0.05) is 0 Å². The number of nitrogens with two attached hydrogens (primary N) is 1. The molecule has 0 atom stereocenters. The summed E-state index contributed by atoms with van der Waals surface area (Å²) in [5.74, 6) is -1.16. The Bertz CT molecular complexity index is 525. The first-order valence-electron chi connectivity index (χ1n) is 4.88. The van der Waals surface area contributed by atoms with Crippen LogP contribution in [0, 0.1) is 6.92 Å². The van der Waals surface area contributed by atoms with Gasteiger partial charge in [0.05, 0.1) is 11.3 Å². The SMILES string of the molecule is Cc1cc(NCCS(N)(=O)=O)ccc1C(=O)O. The third kappa shape index (κ3) is 4.41. The molecule has 0 saturated carbocycles. The molecule has 1 rings (SSSR count). The van der Waals surface area contributed by atoms with Crippen LogP contribution in [0.2, 0.25) is 0 Å². The highest BCUT2D eigenvalue weighted by atomic mass is 32.2. The summed E-state index contributed by atoms with van der Waals surface area (Å²) in [6.45, 7) is 1.86. The number of nitrogens with one attached hydrogen (secondary N) is 1. The summed E-state index contributed by atoms with van der Waals surface area (Å²) in [6.07, 6.45) is 0. The molecule has 1 aromatic carbocycles. The Balaban J connectivity index is 2.68. The van der Waals surface area contributed by atoms with Gasteiger partial charge in [0, 0.05) is 12.2 Å². The van der Waals surface area contributed by atoms with Crippen LogP contribution in [0.1, 0.15) is 15.9 Å². The Morgan fingerprint density at radius 1 is 1.47 bits per heavy atom. The molecule has 0 fully saturated rings. The number of carbonyl (C=O) groups is 1. The number of primary sulfonamides is 1. The van der Waals surface area contributed by atoms with Gasteiger partial charge in [-0.05, 0) is 30.7 Å². The Labute approximate surface area is 99.5 Å². The second-order valence-electron chi connectivity index (χ2n) is 3.63. The minimum absolute atomic E-state index is 0.174. The third-order valence-electron chi connectivity index (χ3n) is 2.17. The van der Waals surface area contributed by atoms with E-state index in [1.165, 1.54) is 6.07 Å². The molecule has 0 saturated heterocycles. The second-order valence-corrected chi connectivity index (χ2v) is 5.36. The highest BCUT2D eigenvalue weighted by Crippen LogP contribution is 2.14. The van der Waals surface area contributed by atoms with Crippen molar-refractivity contribution in [2.45, 2.75) is 6.92 Å². The number of carboxylic acid groups (broad SMARTS) is 1. The molecule has 7 heteroatoms. The number of sulfonamides is 1. The van der Waals surface area contributed by atoms with Crippen molar-refractivity contribution in [1.82, 2.24) is 0 Å². The summed E-state index contributed by atoms with van der Waals surface area (Å²) in [6, 6.07) is 4.70. The number of anilines is 1. The molecule has 0 amide bonds. The van der Waals surface area contributed by atoms with Gasteiger partial charge >= 0.3 is 5.97 Å². The Morgan fingerprint density at radius 2 is 2.12 bits per heavy atom. The minimum Gasteiger partial charge on any atom is -0.478 e. The first-order chi connectivity index (χ1) is 7.79. The molecule has 6 nitrogen and oxygen atoms in total. The molecule has 0 radical (unpaired) electrons. The van der Waals surface area contributed by atoms with Crippen molar-refractivity contribution in [3.8, 4) is 0 Å². The zero-order valence-corrected chi connectivity index (χ0v) is 10.1. The molecule has 0 bridgehead atoms. The van der Waals surface area contributed by atoms with Crippen LogP contribution in [0.15, 0.2) is 18.2 Å². The fourth-order valence-electron chi connectivity index (χ4n) is 1.35. The lowest BCUT2D eigenvalue weighted by Gasteiger charge is -2.07. The van der Waals surface area contributed by atoms with Crippen LogP contribution in [0.3, 0.4) is 0 Å². The summed E-state index contributed by atoms with van der Waals surface area (Å²) in [4.78, 5) is 10.8. The summed E-state index contributed by atoms with van der Waals surface area (Å²) in [5, 5.41) is 16.5. The second kappa shape index (κ2) is 5.15. The van der Waals surface area contributed by atoms with Gasteiger partial charge in [-0.3, -0.25) is 0 Å². The fourth-order valence-corrected chi connectivity index (χ4v) is 1.74. The van der Waals surface area contributed by atoms with Gasteiger partial charge < -0.3 is 10.4 Å². The van der Waals surface area contributed by atoms with Gasteiger partial charge in [0.1, 0.15) is 0 Å². The minimum atomic E-state index is -3.48. The van der Waals surface area contributed by atoms with E-state index in [2.05, 4.69) is 5.32 Å². The highest BCUT2D eigenvalue weighted by Gasteiger charge is 2.07. The number of benzene rings is 1. The number of hydrogen-bond acceptors (Lipinski definition) is 4. The van der Waals surface area contributed by atoms with Crippen LogP contribution in [0.5, 0.6) is 0 Å². The van der Waals surface area contributed by atoms with Crippen molar-refractivity contribution in [3.05, 3.63) is 29.3 Å². The molecule has 17 heavy (non-hydrogen) atoms. The smallest absolute Gasteiger partial charge is 0.335 e. The molecule has 0 aliphatic carbocycles. The Hall–Kier alpha value is -1.60. The first kappa shape index (κ1) is 13.5. The average molecular weight is 258 g/mol. The van der Waals surface area contributed by atoms with E-state index >= 15 is 0 Å². The van der Waals surface area contributed by atoms with E-state index in [9.17, 15) is 13.2 Å². The largest absolute Gasteiger partial charge is 0.478 e. The van der Waals surface area contributed by atoms with E-state index in [4.69, 9.17) is 10.2 Å². The van der Waals surface area contributed by atoms with Crippen LogP contribution in [0.25, 0.3) is 0 Å². The number of rotatable bonds is 5. The van der Waals surface area contributed by atoms with Gasteiger partial charge in [-0.15, -0.1) is 0 Å². The summed E-state index contributed by atoms with van der Waals surface area (Å²) >= 11 is 0. The van der Waals surface area contributed by atoms with E-state index < -0.39 is 16.0 Å². The van der Waals surface area contributed by atoms with Gasteiger partial charge in [0.25, 0.3) is 0 Å². The molecular weight excluding hydrogens is 244 g/mol. The van der Waals surface area contributed by atoms with Crippen molar-refractivity contribution in [1.29, 1.82) is 0 Å². The van der Waals surface area contributed by atoms with Crippen molar-refractivity contribution in [3.63, 3.8) is 0 Å². The van der Waals surface area contributed by atoms with Crippen LogP contribution < -0.4 is 10.5 Å². The molecule has 0 spiro atoms. The summed E-state index contributed by atoms with van der Waals surface area (Å²) in [7, 11) is -3.48. The van der Waals surface area contributed by atoms with Crippen molar-refractivity contribution < 1.29 is 18.3 Å². The molecule has 0 unspecified atom stereocenters. The topological polar surface area (TPSA) is 109 Å². The number of aryl methyl sites for hydroxylation is 1. The van der Waals surface area contributed by atoms with E-state index in [-0.39, 0.29) is 17.9 Å². The van der Waals surface area contributed by atoms with Crippen LogP contribution in [-0.2, 0) is 10.0 Å². The van der Waals surface area contributed by atoms with Crippen molar-refractivity contribution in [2.75, 3.05) is 17.6 Å². The molecule has 1 aromatic rings. The zero-order chi connectivity index (χ0) is 13.1. The standard InChI is InChI=1S/C10H14N2O4S/c1-7-6-8(2-3-9(7)10(13)14)12-4-5-17(11,15)16/h2-3,6,12H,4-5H2,1H3,(H,13,14)(H2,11,15,16). The first-order valence-corrected chi connectivity index (χ1v) is 6.59. The molecule has 0 aliphatic heterocycles. The number of hydrogen-bond donors (Lipinski definition) is 3. The maximum absolute atomic E-state index is 10.8. The summed E-state index contributed by atoms with van der Waals surface area (Å²) < 4.78 is 21.4. The molecule has 0 aliphatic rings. The van der Waals surface area contributed by atoms with Gasteiger partial charge in [-0.25, -0.2) is 18.4 Å². The lowest BCUT2D eigenvalue weighted by atomic mass is 10.1. The fraction of sp³-hybridized carbons (Fsp3) is 0.300. The number of carboxylic acids is 1. The van der Waals surface area contributed by atoms with Crippen LogP contribution >= 0.6 is 0 Å². The maximum atomic E-state index is 10.8. The molecule has 0 heterocycles. The van der Waals surface area contributed by atoms with E-state index in [1.807, 2.05) is 0 Å². The molecular formula is C10H14N2O4S. The van der Waals surface area contributed by atoms with E-state index in [1.54, 1.807) is 19.1 Å². The van der Waals surface area contributed by atoms with Gasteiger partial charge in [-0.2, -0.15) is 0 Å². The zero-order valence-electron chi connectivity index (χ0n) is 9.30. The van der Waals surface area contributed by atoms with Crippen molar-refractivity contribution in [2.24, 2.45) is 5.14 Å². The normalized spacial score (nSPS) is 11.2. The maximum Gasteiger partial charge on any atom is 0.335 e. The van der Waals surface area contributed by atoms with Crippen molar-refractivity contribution >= 4 is 21.7 Å².